The predicted octanol–water partition coefficient (Wildman–Crippen LogP) is 3.96. The van der Waals surface area contributed by atoms with Crippen molar-refractivity contribution in [1.29, 1.82) is 0 Å². The van der Waals surface area contributed by atoms with Crippen molar-refractivity contribution in [2.45, 2.75) is 50.1 Å². The molecular formula is C23H28N4O4S. The standard InChI is InChI=1S/C23H28N4O4S/c1-2-32-23-25-20(24)19-21(26-23)31-12-11-27(22(19)30)17-9-7-16(8-10-17)15-5-3-14(4-6-15)13-18(28)29/h7-10,14-15H,2-6,11-13H2,1H3,(H,28,29)(H2,24,25,26)/t14-,15-. The third kappa shape index (κ3) is 4.82. The lowest BCUT2D eigenvalue weighted by Gasteiger charge is -2.28. The highest BCUT2D eigenvalue weighted by Crippen LogP contribution is 2.38. The second-order valence-corrected chi connectivity index (χ2v) is 9.45. The van der Waals surface area contributed by atoms with Gasteiger partial charge in [-0.05, 0) is 61.0 Å². The summed E-state index contributed by atoms with van der Waals surface area (Å²) >= 11 is 1.45. The van der Waals surface area contributed by atoms with Gasteiger partial charge in [0.1, 0.15) is 18.0 Å². The van der Waals surface area contributed by atoms with Crippen LogP contribution in [0.15, 0.2) is 29.4 Å². The minimum atomic E-state index is -0.711. The van der Waals surface area contributed by atoms with Gasteiger partial charge >= 0.3 is 5.97 Å². The summed E-state index contributed by atoms with van der Waals surface area (Å²) in [5.74, 6) is 0.916. The number of fused-ring (bicyclic) bond motifs is 1. The molecule has 2 aliphatic rings. The third-order valence-electron chi connectivity index (χ3n) is 6.16. The van der Waals surface area contributed by atoms with Crippen molar-refractivity contribution in [2.75, 3.05) is 29.5 Å². The normalized spacial score (nSPS) is 20.9. The van der Waals surface area contributed by atoms with Crippen molar-refractivity contribution < 1.29 is 19.4 Å². The molecule has 1 amide bonds. The summed E-state index contributed by atoms with van der Waals surface area (Å²) in [4.78, 5) is 34.5. The molecule has 1 fully saturated rings. The second-order valence-electron chi connectivity index (χ2n) is 8.22. The van der Waals surface area contributed by atoms with Crippen molar-refractivity contribution >= 4 is 35.1 Å². The fourth-order valence-corrected chi connectivity index (χ4v) is 5.09. The van der Waals surface area contributed by atoms with E-state index in [0.29, 0.717) is 24.2 Å². The van der Waals surface area contributed by atoms with E-state index in [-0.39, 0.29) is 35.5 Å². The first-order chi connectivity index (χ1) is 15.5. The lowest BCUT2D eigenvalue weighted by atomic mass is 9.77. The molecule has 0 atom stereocenters. The Hall–Kier alpha value is -2.81. The number of nitrogen functional groups attached to an aromatic ring is 1. The highest BCUT2D eigenvalue weighted by atomic mass is 32.2. The molecule has 1 aliphatic heterocycles. The highest BCUT2D eigenvalue weighted by molar-refractivity contribution is 7.99. The molecule has 1 aromatic carbocycles. The Balaban J connectivity index is 1.49. The first-order valence-electron chi connectivity index (χ1n) is 11.0. The topological polar surface area (TPSA) is 119 Å². The molecule has 3 N–H and O–H groups in total. The molecule has 1 aliphatic carbocycles. The largest absolute Gasteiger partial charge is 0.481 e. The van der Waals surface area contributed by atoms with Crippen molar-refractivity contribution in [1.82, 2.24) is 9.97 Å². The molecular weight excluding hydrogens is 428 g/mol. The number of carboxylic acids is 1. The van der Waals surface area contributed by atoms with Gasteiger partial charge in [0.25, 0.3) is 5.91 Å². The molecule has 0 bridgehead atoms. The molecule has 0 radical (unpaired) electrons. The number of anilines is 2. The zero-order valence-corrected chi connectivity index (χ0v) is 18.9. The number of carbonyl (C=O) groups excluding carboxylic acids is 1. The number of benzene rings is 1. The van der Waals surface area contributed by atoms with Gasteiger partial charge in [-0.3, -0.25) is 9.59 Å². The molecule has 0 saturated heterocycles. The van der Waals surface area contributed by atoms with Crippen LogP contribution in [0.3, 0.4) is 0 Å². The third-order valence-corrected chi connectivity index (χ3v) is 6.89. The van der Waals surface area contributed by atoms with Crippen LogP contribution >= 0.6 is 11.8 Å². The zero-order valence-electron chi connectivity index (χ0n) is 18.1. The first-order valence-corrected chi connectivity index (χ1v) is 12.0. The molecule has 4 rings (SSSR count). The Bertz CT molecular complexity index is 990. The van der Waals surface area contributed by atoms with Gasteiger partial charge < -0.3 is 20.5 Å². The van der Waals surface area contributed by atoms with E-state index in [4.69, 9.17) is 15.6 Å². The van der Waals surface area contributed by atoms with Gasteiger partial charge in [-0.1, -0.05) is 30.8 Å². The van der Waals surface area contributed by atoms with E-state index in [2.05, 4.69) is 22.1 Å². The van der Waals surface area contributed by atoms with E-state index >= 15 is 0 Å². The van der Waals surface area contributed by atoms with Gasteiger partial charge in [-0.15, -0.1) is 0 Å². The molecule has 1 saturated carbocycles. The molecule has 170 valence electrons. The van der Waals surface area contributed by atoms with Crippen LogP contribution in [0.4, 0.5) is 11.5 Å². The number of ether oxygens (including phenoxy) is 1. The van der Waals surface area contributed by atoms with Crippen molar-refractivity contribution in [2.24, 2.45) is 5.92 Å². The number of nitrogens with two attached hydrogens (primary N) is 1. The van der Waals surface area contributed by atoms with Gasteiger partial charge in [0.2, 0.25) is 5.88 Å². The molecule has 0 spiro atoms. The lowest BCUT2D eigenvalue weighted by Crippen LogP contribution is -2.32. The Morgan fingerprint density at radius 1 is 1.22 bits per heavy atom. The average molecular weight is 457 g/mol. The maximum Gasteiger partial charge on any atom is 0.303 e. The quantitative estimate of drug-likeness (QED) is 0.495. The summed E-state index contributed by atoms with van der Waals surface area (Å²) < 4.78 is 5.75. The van der Waals surface area contributed by atoms with E-state index in [1.165, 1.54) is 17.3 Å². The number of carbonyl (C=O) groups is 2. The van der Waals surface area contributed by atoms with Crippen molar-refractivity contribution in [3.8, 4) is 5.88 Å². The summed E-state index contributed by atoms with van der Waals surface area (Å²) in [5.41, 5.74) is 8.32. The number of aromatic nitrogens is 2. The van der Waals surface area contributed by atoms with E-state index in [0.717, 1.165) is 37.1 Å². The fourth-order valence-electron chi connectivity index (χ4n) is 4.53. The van der Waals surface area contributed by atoms with Gasteiger partial charge in [-0.25, -0.2) is 4.98 Å². The summed E-state index contributed by atoms with van der Waals surface area (Å²) in [6.45, 7) is 2.71. The molecule has 9 heteroatoms. The van der Waals surface area contributed by atoms with Crippen LogP contribution in [0.2, 0.25) is 0 Å². The molecule has 32 heavy (non-hydrogen) atoms. The van der Waals surface area contributed by atoms with Crippen LogP contribution in [0, 0.1) is 5.92 Å². The average Bonchev–Trinajstić information content (AvgIpc) is 2.93. The smallest absolute Gasteiger partial charge is 0.303 e. The Morgan fingerprint density at radius 3 is 2.59 bits per heavy atom. The van der Waals surface area contributed by atoms with Crippen LogP contribution in [0.25, 0.3) is 0 Å². The van der Waals surface area contributed by atoms with Crippen molar-refractivity contribution in [3.05, 3.63) is 35.4 Å². The molecule has 2 aromatic rings. The Morgan fingerprint density at radius 2 is 1.94 bits per heavy atom. The fraction of sp³-hybridized carbons (Fsp3) is 0.478. The monoisotopic (exact) mass is 456 g/mol. The number of amides is 1. The van der Waals surface area contributed by atoms with E-state index in [1.807, 2.05) is 19.1 Å². The van der Waals surface area contributed by atoms with Gasteiger partial charge in [0.05, 0.1) is 6.54 Å². The molecule has 1 aromatic heterocycles. The minimum Gasteiger partial charge on any atom is -0.481 e. The maximum atomic E-state index is 13.3. The number of hydrogen-bond acceptors (Lipinski definition) is 7. The van der Waals surface area contributed by atoms with E-state index in [9.17, 15) is 9.59 Å². The molecule has 8 nitrogen and oxygen atoms in total. The Kier molecular flexibility index (Phi) is 6.83. The summed E-state index contributed by atoms with van der Waals surface area (Å²) in [6, 6.07) is 8.05. The van der Waals surface area contributed by atoms with Crippen molar-refractivity contribution in [3.63, 3.8) is 0 Å². The summed E-state index contributed by atoms with van der Waals surface area (Å²) in [5, 5.41) is 9.51. The van der Waals surface area contributed by atoms with Crippen LogP contribution in [0.1, 0.15) is 60.9 Å². The zero-order chi connectivity index (χ0) is 22.7. The van der Waals surface area contributed by atoms with Crippen LogP contribution in [-0.4, -0.2) is 45.9 Å². The SMILES string of the molecule is CCSc1nc(N)c2c(n1)OCCN(c1ccc([C@H]3CC[C@H](CC(=O)O)CC3)cc1)C2=O. The number of nitrogens with zero attached hydrogens (tertiary/aromatic N) is 3. The van der Waals surface area contributed by atoms with Gasteiger partial charge in [0, 0.05) is 12.1 Å². The van der Waals surface area contributed by atoms with E-state index < -0.39 is 5.97 Å². The van der Waals surface area contributed by atoms with Gasteiger partial charge in [0.15, 0.2) is 5.16 Å². The number of hydrogen-bond donors (Lipinski definition) is 2. The highest BCUT2D eigenvalue weighted by Gasteiger charge is 2.30. The summed E-state index contributed by atoms with van der Waals surface area (Å²) in [7, 11) is 0. The molecule has 2 heterocycles. The van der Waals surface area contributed by atoms with Crippen LogP contribution < -0.4 is 15.4 Å². The van der Waals surface area contributed by atoms with E-state index in [1.54, 1.807) is 4.90 Å². The van der Waals surface area contributed by atoms with Crippen LogP contribution in [0.5, 0.6) is 5.88 Å². The number of aliphatic carboxylic acids is 1. The maximum absolute atomic E-state index is 13.3. The van der Waals surface area contributed by atoms with Gasteiger partial charge in [-0.2, -0.15) is 4.98 Å². The number of carboxylic acid groups (broad SMARTS) is 1. The first kappa shape index (κ1) is 22.4. The second kappa shape index (κ2) is 9.77. The molecule has 0 unspecified atom stereocenters. The summed E-state index contributed by atoms with van der Waals surface area (Å²) in [6.07, 6.45) is 4.13. The number of rotatable bonds is 6. The van der Waals surface area contributed by atoms with Crippen LogP contribution in [-0.2, 0) is 4.79 Å². The Labute approximate surface area is 191 Å². The lowest BCUT2D eigenvalue weighted by molar-refractivity contribution is -0.138. The predicted molar refractivity (Wildman–Crippen MR) is 123 cm³/mol. The number of thioether (sulfide) groups is 1. The minimum absolute atomic E-state index is 0.137.